The zero-order valence-electron chi connectivity index (χ0n) is 34.9. The van der Waals surface area contributed by atoms with Gasteiger partial charge in [-0.05, 0) is 76.9 Å². The van der Waals surface area contributed by atoms with Crippen LogP contribution in [0.5, 0.6) is 0 Å². The summed E-state index contributed by atoms with van der Waals surface area (Å²) in [4.78, 5) is 0. The molecule has 0 saturated heterocycles. The van der Waals surface area contributed by atoms with Crippen molar-refractivity contribution in [2.75, 3.05) is 0 Å². The zero-order valence-corrected chi connectivity index (χ0v) is 36.9. The summed E-state index contributed by atoms with van der Waals surface area (Å²) in [5.74, 6) is 0. The van der Waals surface area contributed by atoms with Crippen molar-refractivity contribution in [3.8, 4) is 16.8 Å². The van der Waals surface area contributed by atoms with Crippen molar-refractivity contribution in [2.24, 2.45) is 0 Å². The molecule has 11 rings (SSSR count). The van der Waals surface area contributed by atoms with E-state index >= 15 is 0 Å². The predicted octanol–water partition coefficient (Wildman–Crippen LogP) is 9.21. The van der Waals surface area contributed by atoms with Crippen LogP contribution in [0.25, 0.3) is 38.6 Å². The van der Waals surface area contributed by atoms with E-state index in [9.17, 15) is 0 Å². The Bertz CT molecular complexity index is 2920. The molecule has 0 aliphatic rings. The third-order valence-corrected chi connectivity index (χ3v) is 22.6. The second-order valence-corrected chi connectivity index (χ2v) is 24.0. The lowest BCUT2D eigenvalue weighted by Crippen LogP contribution is -2.78. The Morgan fingerprint density at radius 3 is 0.889 bits per heavy atom. The quantitative estimate of drug-likeness (QED) is 0.0958. The number of nitrogens with zero attached hydrogens (tertiary/aromatic N) is 1. The average Bonchev–Trinajstić information content (AvgIpc) is 3.71. The largest absolute Gasteiger partial charge is 0.309 e. The number of aromatic nitrogens is 1. The molecule has 0 unspecified atom stereocenters. The van der Waals surface area contributed by atoms with E-state index in [4.69, 9.17) is 0 Å². The number of hydrogen-bond acceptors (Lipinski definition) is 0. The number of rotatable bonds is 10. The summed E-state index contributed by atoms with van der Waals surface area (Å²) in [5.41, 5.74) is 5.96. The Kier molecular flexibility index (Phi) is 9.97. The summed E-state index contributed by atoms with van der Waals surface area (Å²) >= 11 is 0. The second kappa shape index (κ2) is 16.4. The first-order chi connectivity index (χ1) is 31.3. The van der Waals surface area contributed by atoms with Gasteiger partial charge in [0.2, 0.25) is 0 Å². The molecule has 3 heteroatoms. The Morgan fingerprint density at radius 2 is 0.540 bits per heavy atom. The summed E-state index contributed by atoms with van der Waals surface area (Å²) in [6, 6.07) is 103. The van der Waals surface area contributed by atoms with Gasteiger partial charge in [-0.25, -0.2) is 0 Å². The molecule has 298 valence electrons. The highest BCUT2D eigenvalue weighted by atomic mass is 28.3. The maximum absolute atomic E-state index is 3.00. The lowest BCUT2D eigenvalue weighted by Gasteiger charge is -2.38. The van der Waals surface area contributed by atoms with Gasteiger partial charge in [0.05, 0.1) is 11.0 Å². The third-order valence-electron chi connectivity index (χ3n) is 13.1. The number of fused-ring (bicyclic) bond motifs is 3. The highest BCUT2D eigenvalue weighted by Crippen LogP contribution is 2.33. The monoisotopic (exact) mass is 835 g/mol. The summed E-state index contributed by atoms with van der Waals surface area (Å²) in [5, 5.41) is 13.4. The van der Waals surface area contributed by atoms with Gasteiger partial charge >= 0.3 is 0 Å². The lowest BCUT2D eigenvalue weighted by molar-refractivity contribution is 1.18. The van der Waals surface area contributed by atoms with Crippen molar-refractivity contribution in [1.29, 1.82) is 0 Å². The smallest absolute Gasteiger partial charge is 0.179 e. The standard InChI is InChI=1S/C60H45NSi2/c1-7-26-49(27-8-1)62(50-28-9-2-10-29-50,51-30-11-3-12-31-51)55-43-47(46-24-23-25-48(42-46)61-59-40-21-19-38-57(59)58-39-20-22-41-60(58)61)44-56(45-55)63(52-32-13-4-14-33-52,53-34-15-5-16-35-53)54-36-17-6-18-37-54/h1-45H. The van der Waals surface area contributed by atoms with E-state index in [0.29, 0.717) is 0 Å². The Balaban J connectivity index is 1.29. The molecular formula is C60H45NSi2. The molecule has 63 heavy (non-hydrogen) atoms. The third kappa shape index (κ3) is 6.44. The fourth-order valence-corrected chi connectivity index (χ4v) is 20.2. The minimum absolute atomic E-state index is 1.15. The molecule has 1 nitrogen and oxygen atoms in total. The maximum Gasteiger partial charge on any atom is 0.179 e. The van der Waals surface area contributed by atoms with Crippen LogP contribution >= 0.6 is 0 Å². The first kappa shape index (κ1) is 38.4. The molecular weight excluding hydrogens is 791 g/mol. The molecule has 0 amide bonds. The van der Waals surface area contributed by atoms with E-state index in [-0.39, 0.29) is 0 Å². The van der Waals surface area contributed by atoms with E-state index < -0.39 is 16.1 Å². The van der Waals surface area contributed by atoms with Gasteiger partial charge in [-0.3, -0.25) is 0 Å². The fourth-order valence-electron chi connectivity index (χ4n) is 10.4. The summed E-state index contributed by atoms with van der Waals surface area (Å²) in [7, 11) is -6.00. The minimum atomic E-state index is -3.00. The van der Waals surface area contributed by atoms with E-state index in [0.717, 1.165) is 5.69 Å². The molecule has 0 atom stereocenters. The first-order valence-corrected chi connectivity index (χ1v) is 25.8. The highest BCUT2D eigenvalue weighted by Gasteiger charge is 2.46. The predicted molar refractivity (Wildman–Crippen MR) is 273 cm³/mol. The number of benzene rings is 10. The molecule has 0 bridgehead atoms. The van der Waals surface area contributed by atoms with Gasteiger partial charge in [0.25, 0.3) is 0 Å². The molecule has 0 aliphatic heterocycles. The van der Waals surface area contributed by atoms with Gasteiger partial charge in [0.1, 0.15) is 0 Å². The van der Waals surface area contributed by atoms with Crippen LogP contribution < -0.4 is 41.5 Å². The normalized spacial score (nSPS) is 11.8. The molecule has 1 aromatic heterocycles. The molecule has 0 saturated carbocycles. The van der Waals surface area contributed by atoms with E-state index in [2.05, 4.69) is 278 Å². The van der Waals surface area contributed by atoms with Gasteiger partial charge < -0.3 is 4.57 Å². The number of para-hydroxylation sites is 2. The molecule has 0 fully saturated rings. The van der Waals surface area contributed by atoms with Crippen molar-refractivity contribution in [2.45, 2.75) is 0 Å². The van der Waals surface area contributed by atoms with Crippen LogP contribution in [-0.2, 0) is 0 Å². The second-order valence-electron chi connectivity index (χ2n) is 16.4. The Hall–Kier alpha value is -7.57. The van der Waals surface area contributed by atoms with Gasteiger partial charge in [-0.1, -0.05) is 249 Å². The number of hydrogen-bond donors (Lipinski definition) is 0. The van der Waals surface area contributed by atoms with Crippen LogP contribution in [0.1, 0.15) is 0 Å². The van der Waals surface area contributed by atoms with E-state index in [1.807, 2.05) is 0 Å². The van der Waals surface area contributed by atoms with E-state index in [1.165, 1.54) is 74.4 Å². The fraction of sp³-hybridized carbons (Fsp3) is 0. The average molecular weight is 836 g/mol. The Labute approximate surface area is 371 Å². The highest BCUT2D eigenvalue weighted by molar-refractivity contribution is 7.22. The molecule has 11 aromatic rings. The molecule has 0 N–H and O–H groups in total. The van der Waals surface area contributed by atoms with Crippen LogP contribution in [-0.4, -0.2) is 20.7 Å². The Morgan fingerprint density at radius 1 is 0.222 bits per heavy atom. The minimum Gasteiger partial charge on any atom is -0.309 e. The zero-order chi connectivity index (χ0) is 42.1. The van der Waals surface area contributed by atoms with Crippen molar-refractivity contribution in [1.82, 2.24) is 4.57 Å². The summed E-state index contributed by atoms with van der Waals surface area (Å²) < 4.78 is 2.44. The lowest BCUT2D eigenvalue weighted by atomic mass is 10.0. The molecule has 0 radical (unpaired) electrons. The van der Waals surface area contributed by atoms with Gasteiger partial charge in [0, 0.05) is 16.5 Å². The van der Waals surface area contributed by atoms with Crippen molar-refractivity contribution in [3.63, 3.8) is 0 Å². The topological polar surface area (TPSA) is 4.93 Å². The van der Waals surface area contributed by atoms with Crippen LogP contribution in [0.2, 0.25) is 0 Å². The molecule has 0 aliphatic carbocycles. The van der Waals surface area contributed by atoms with Crippen molar-refractivity contribution in [3.05, 3.63) is 273 Å². The molecule has 1 heterocycles. The van der Waals surface area contributed by atoms with Gasteiger partial charge in [-0.2, -0.15) is 0 Å². The van der Waals surface area contributed by atoms with E-state index in [1.54, 1.807) is 0 Å². The summed E-state index contributed by atoms with van der Waals surface area (Å²) in [6.07, 6.45) is 0. The first-order valence-electron chi connectivity index (χ1n) is 21.8. The SMILES string of the molecule is c1ccc([Si](c2ccccc2)(c2ccccc2)c2cc(-c3cccc(-n4c5ccccc5c5ccccc54)c3)cc([Si](c3ccccc3)(c3ccccc3)c3ccccc3)c2)cc1. The van der Waals surface area contributed by atoms with Gasteiger partial charge in [-0.15, -0.1) is 0 Å². The molecule has 0 spiro atoms. The van der Waals surface area contributed by atoms with Crippen LogP contribution in [0.3, 0.4) is 0 Å². The maximum atomic E-state index is 2.64. The van der Waals surface area contributed by atoms with Crippen LogP contribution in [0, 0.1) is 0 Å². The molecule has 10 aromatic carbocycles. The van der Waals surface area contributed by atoms with Crippen molar-refractivity contribution >= 4 is 79.4 Å². The van der Waals surface area contributed by atoms with Crippen LogP contribution in [0.15, 0.2) is 273 Å². The van der Waals surface area contributed by atoms with Crippen LogP contribution in [0.4, 0.5) is 0 Å². The summed E-state index contributed by atoms with van der Waals surface area (Å²) in [6.45, 7) is 0. The van der Waals surface area contributed by atoms with Gasteiger partial charge in [0.15, 0.2) is 16.1 Å². The van der Waals surface area contributed by atoms with Crippen molar-refractivity contribution < 1.29 is 0 Å².